The van der Waals surface area contributed by atoms with Gasteiger partial charge in [0.25, 0.3) is 5.91 Å². The first kappa shape index (κ1) is 86.9. The number of hydrogen-bond acceptors (Lipinski definition) is 13. The van der Waals surface area contributed by atoms with Gasteiger partial charge in [0, 0.05) is 63.0 Å². The number of allylic oxidation sites excluding steroid dienone is 2. The molecule has 27 heteroatoms. The molecule has 0 aromatic heterocycles. The van der Waals surface area contributed by atoms with Crippen LogP contribution in [0.25, 0.3) is 0 Å². The number of halogens is 3. The fraction of sp³-hybridized carbons (Fsp3) is 0.732. The zero-order valence-corrected chi connectivity index (χ0v) is 62.9. The molecule has 0 radical (unpaired) electrons. The van der Waals surface area contributed by atoms with Crippen LogP contribution in [0.2, 0.25) is 0 Å². The predicted molar refractivity (Wildman–Crippen MR) is 368 cm³/mol. The molecular weight excluding hydrogens is 1270 g/mol. The van der Waals surface area contributed by atoms with Crippen LogP contribution in [0.5, 0.6) is 0 Å². The summed E-state index contributed by atoms with van der Waals surface area (Å²) in [6.45, 7) is 28.2. The molecule has 4 N–H and O–H groups in total. The molecular formula is C71H118F3N11O13. The Morgan fingerprint density at radius 3 is 1.40 bits per heavy atom. The second kappa shape index (κ2) is 38.4. The molecule has 1 unspecified atom stereocenters. The van der Waals surface area contributed by atoms with Gasteiger partial charge in [-0.1, -0.05) is 121 Å². The number of aliphatic hydroxyl groups is 1. The number of benzene rings is 1. The summed E-state index contributed by atoms with van der Waals surface area (Å²) < 4.78 is 49.0. The zero-order valence-electron chi connectivity index (χ0n) is 62.9. The fourth-order valence-electron chi connectivity index (χ4n) is 12.5. The van der Waals surface area contributed by atoms with Crippen molar-refractivity contribution in [3.05, 3.63) is 47.5 Å². The smallest absolute Gasteiger partial charge is 0.390 e. The van der Waals surface area contributed by atoms with E-state index in [1.54, 1.807) is 88.3 Å². The highest BCUT2D eigenvalue weighted by Crippen LogP contribution is 2.32. The average Bonchev–Trinajstić information content (AvgIpc) is 0.798. The Balaban J connectivity index is 3.23. The van der Waals surface area contributed by atoms with Gasteiger partial charge in [-0.2, -0.15) is 13.2 Å². The third-order valence-electron chi connectivity index (χ3n) is 18.3. The first-order chi connectivity index (χ1) is 45.3. The summed E-state index contributed by atoms with van der Waals surface area (Å²) in [5.41, 5.74) is -1.09. The van der Waals surface area contributed by atoms with E-state index < -0.39 is 174 Å². The Labute approximate surface area is 580 Å². The van der Waals surface area contributed by atoms with Crippen molar-refractivity contribution in [2.45, 2.75) is 242 Å². The van der Waals surface area contributed by atoms with Gasteiger partial charge in [-0.3, -0.25) is 52.7 Å². The van der Waals surface area contributed by atoms with Gasteiger partial charge >= 0.3 is 6.18 Å². The number of carbonyl (C=O) groups excluding carboxylic acids is 11. The first-order valence-corrected chi connectivity index (χ1v) is 34.3. The van der Waals surface area contributed by atoms with Gasteiger partial charge in [-0.25, -0.2) is 0 Å². The number of amides is 11. The van der Waals surface area contributed by atoms with Crippen molar-refractivity contribution in [2.24, 2.45) is 41.4 Å². The number of hydrogen-bond donors (Lipinski definition) is 4. The van der Waals surface area contributed by atoms with Crippen LogP contribution in [0, 0.1) is 41.4 Å². The van der Waals surface area contributed by atoms with Crippen molar-refractivity contribution >= 4 is 65.0 Å². The van der Waals surface area contributed by atoms with Gasteiger partial charge < -0.3 is 65.0 Å². The molecule has 2 rings (SSSR count). The van der Waals surface area contributed by atoms with Crippen molar-refractivity contribution in [1.82, 2.24) is 55.1 Å². The van der Waals surface area contributed by atoms with Crippen molar-refractivity contribution < 1.29 is 75.8 Å². The molecule has 556 valence electrons. The molecule has 1 aliphatic rings. The van der Waals surface area contributed by atoms with E-state index in [-0.39, 0.29) is 67.8 Å². The Morgan fingerprint density at radius 1 is 0.510 bits per heavy atom. The largest absolute Gasteiger partial charge is 0.416 e. The van der Waals surface area contributed by atoms with Gasteiger partial charge in [-0.15, -0.1) is 0 Å². The third-order valence-corrected chi connectivity index (χ3v) is 18.3. The van der Waals surface area contributed by atoms with Crippen LogP contribution < -0.4 is 16.0 Å². The number of likely N-dealkylation sites (N-methyl/N-ethyl adjacent to an activating group) is 7. The summed E-state index contributed by atoms with van der Waals surface area (Å²) in [6.07, 6.45) is -4.51. The van der Waals surface area contributed by atoms with Gasteiger partial charge in [0.2, 0.25) is 65.3 Å². The number of carbonyl (C=O) groups is 11. The van der Waals surface area contributed by atoms with Gasteiger partial charge in [0.15, 0.2) is 0 Å². The number of methoxy groups -OCH3 is 1. The molecule has 1 fully saturated rings. The monoisotopic (exact) mass is 1390 g/mol. The third kappa shape index (κ3) is 22.9. The van der Waals surface area contributed by atoms with E-state index in [0.717, 1.165) is 49.8 Å². The molecule has 1 aliphatic heterocycles. The molecule has 24 nitrogen and oxygen atoms in total. The zero-order chi connectivity index (χ0) is 75.6. The highest BCUT2D eigenvalue weighted by Gasteiger charge is 2.48. The molecule has 0 aliphatic carbocycles. The average molecular weight is 1390 g/mol. The number of alkyl halides is 3. The topological polar surface area (TPSA) is 279 Å². The Morgan fingerprint density at radius 2 is 0.939 bits per heavy atom. The lowest BCUT2D eigenvalue weighted by atomic mass is 9.91. The van der Waals surface area contributed by atoms with E-state index in [1.807, 2.05) is 27.7 Å². The highest BCUT2D eigenvalue weighted by atomic mass is 19.4. The van der Waals surface area contributed by atoms with Crippen LogP contribution in [0.4, 0.5) is 13.2 Å². The lowest BCUT2D eigenvalue weighted by molar-refractivity contribution is -0.167. The number of ether oxygens (including phenoxy) is 1. The minimum Gasteiger partial charge on any atom is -0.390 e. The fourth-order valence-corrected chi connectivity index (χ4v) is 12.5. The van der Waals surface area contributed by atoms with Gasteiger partial charge in [-0.05, 0) is 118 Å². The maximum Gasteiger partial charge on any atom is 0.416 e. The standard InChI is InChI=1S/C71H118F3N11O13/c1-26-28-30-45(15)58(86)57-61(89)77-50(27-2)63(91)84(24)70(98-25)69(97)81(21)54(36-42(9)10)66(94)85(38-48-31-29-32-49(37-48)71(72,73)74)56(44(13)14)68(96)78(18)51(33-39(3)4)60(88)75-46(16)59(87)76-47(17)62(90)79(19)52(34-40(5)6)64(92)80(20)53(35-41(7)8)65(93)82(22)55(43(11)12)67(95)83(57)23/h26,28-29,31-32,37,39-47,50-58,70,86H,27,30,33-36,38H2,1-25H3,(H,75,88)(H,76,87)(H,77,89)/b28-26+/t45-,46+,47-,50+,51+,52+,53+,54+,55+,56-,57+,58-,70?/m1/s1. The normalized spacial score (nSPS) is 25.9. The Kier molecular flexibility index (Phi) is 34.1. The first-order valence-electron chi connectivity index (χ1n) is 34.3. The molecule has 1 aromatic carbocycles. The SMILES string of the molecule is C/C=C/C[C@@H](C)[C@@H](O)[C@H]1C(=O)N[C@@H](CC)C(=O)N(C)C(OC)C(=O)N(C)[C@@H](CC(C)C)C(=O)N(Cc2cccc(C(F)(F)F)c2)[C@H](C(C)C)C(=O)N(C)[C@@H](CC(C)C)C(=O)N[C@@H](C)C(=O)N[C@H](C)C(=O)N(C)[C@@H](CC(C)C)C(=O)N(C)[C@@H](CC(C)C)C(=O)N(C)[C@@H](C(C)C)C(=O)N1C. The maximum atomic E-state index is 15.8. The van der Waals surface area contributed by atoms with E-state index >= 15 is 33.6 Å². The number of aliphatic hydroxyl groups excluding tert-OH is 1. The molecule has 11 amide bonds. The van der Waals surface area contributed by atoms with Gasteiger partial charge in [0.05, 0.1) is 11.7 Å². The molecule has 1 aromatic rings. The minimum atomic E-state index is -4.82. The van der Waals surface area contributed by atoms with E-state index in [9.17, 15) is 37.5 Å². The maximum absolute atomic E-state index is 15.8. The lowest BCUT2D eigenvalue weighted by Crippen LogP contribution is -2.64. The van der Waals surface area contributed by atoms with E-state index in [1.165, 1.54) is 83.9 Å². The van der Waals surface area contributed by atoms with Crippen LogP contribution in [-0.4, -0.2) is 238 Å². The van der Waals surface area contributed by atoms with Crippen molar-refractivity contribution in [2.75, 3.05) is 56.4 Å². The second-order valence-electron chi connectivity index (χ2n) is 29.0. The highest BCUT2D eigenvalue weighted by molar-refractivity contribution is 6.00. The number of nitrogens with zero attached hydrogens (tertiary/aromatic N) is 8. The van der Waals surface area contributed by atoms with Gasteiger partial charge in [0.1, 0.15) is 60.4 Å². The molecule has 13 atom stereocenters. The summed E-state index contributed by atoms with van der Waals surface area (Å²) in [4.78, 5) is 174. The summed E-state index contributed by atoms with van der Waals surface area (Å²) in [6, 6.07) is -9.82. The van der Waals surface area contributed by atoms with Crippen LogP contribution in [0.1, 0.15) is 167 Å². The molecule has 1 saturated heterocycles. The van der Waals surface area contributed by atoms with Crippen molar-refractivity contribution in [3.63, 3.8) is 0 Å². The van der Waals surface area contributed by atoms with Crippen LogP contribution in [-0.2, 0) is 70.2 Å². The lowest BCUT2D eigenvalue weighted by Gasteiger charge is -2.42. The van der Waals surface area contributed by atoms with Crippen LogP contribution >= 0.6 is 0 Å². The predicted octanol–water partition coefficient (Wildman–Crippen LogP) is 6.17. The summed E-state index contributed by atoms with van der Waals surface area (Å²) in [5, 5.41) is 20.3. The van der Waals surface area contributed by atoms with Crippen molar-refractivity contribution in [1.29, 1.82) is 0 Å². The molecule has 0 saturated carbocycles. The van der Waals surface area contributed by atoms with E-state index in [0.29, 0.717) is 0 Å². The van der Waals surface area contributed by atoms with E-state index in [2.05, 4.69) is 16.0 Å². The minimum absolute atomic E-state index is 0.000615. The summed E-state index contributed by atoms with van der Waals surface area (Å²) in [7, 11) is 10.5. The van der Waals surface area contributed by atoms with Crippen molar-refractivity contribution in [3.8, 4) is 0 Å². The number of nitrogens with one attached hydrogen (secondary N) is 3. The second-order valence-corrected chi connectivity index (χ2v) is 29.0. The summed E-state index contributed by atoms with van der Waals surface area (Å²) >= 11 is 0. The molecule has 98 heavy (non-hydrogen) atoms. The Hall–Kier alpha value is -7.16. The van der Waals surface area contributed by atoms with E-state index in [4.69, 9.17) is 4.74 Å². The molecule has 0 spiro atoms. The molecule has 1 heterocycles. The Bertz CT molecular complexity index is 2930. The summed E-state index contributed by atoms with van der Waals surface area (Å²) in [5.74, 6) is -12.2. The molecule has 0 bridgehead atoms. The quantitative estimate of drug-likeness (QED) is 0.120. The number of rotatable bonds is 18. The van der Waals surface area contributed by atoms with Crippen LogP contribution in [0.15, 0.2) is 36.4 Å². The van der Waals surface area contributed by atoms with Crippen LogP contribution in [0.3, 0.4) is 0 Å².